The van der Waals surface area contributed by atoms with E-state index in [0.29, 0.717) is 12.0 Å². The average Bonchev–Trinajstić information content (AvgIpc) is 2.82. The van der Waals surface area contributed by atoms with E-state index in [1.54, 1.807) is 17.9 Å². The van der Waals surface area contributed by atoms with Gasteiger partial charge in [-0.2, -0.15) is 5.10 Å². The molecule has 0 radical (unpaired) electrons. The number of nitrogens with zero attached hydrogens (tertiary/aromatic N) is 3. The molecule has 0 spiro atoms. The maximum Gasteiger partial charge on any atom is 0.257 e. The number of amides is 1. The van der Waals surface area contributed by atoms with Crippen LogP contribution in [0.15, 0.2) is 6.20 Å². The molecule has 0 aliphatic carbocycles. The molecule has 1 aromatic heterocycles. The molecule has 17 heavy (non-hydrogen) atoms. The van der Waals surface area contributed by atoms with Crippen LogP contribution in [0.25, 0.3) is 0 Å². The number of rotatable bonds is 2. The van der Waals surface area contributed by atoms with E-state index in [-0.39, 0.29) is 19.0 Å². The Morgan fingerprint density at radius 1 is 1.47 bits per heavy atom. The minimum Gasteiger partial charge on any atom is -0.388 e. The van der Waals surface area contributed by atoms with Gasteiger partial charge < -0.3 is 15.1 Å². The molecule has 2 rings (SSSR count). The molecule has 1 aromatic rings. The van der Waals surface area contributed by atoms with Crippen molar-refractivity contribution in [2.45, 2.75) is 25.6 Å². The highest BCUT2D eigenvalue weighted by Gasteiger charge is 2.34. The van der Waals surface area contributed by atoms with Crippen LogP contribution in [-0.2, 0) is 13.5 Å². The van der Waals surface area contributed by atoms with Crippen LogP contribution in [-0.4, -0.2) is 56.1 Å². The molecule has 1 amide bonds. The fourth-order valence-corrected chi connectivity index (χ4v) is 2.08. The van der Waals surface area contributed by atoms with E-state index >= 15 is 0 Å². The van der Waals surface area contributed by atoms with Gasteiger partial charge in [0.2, 0.25) is 0 Å². The van der Waals surface area contributed by atoms with Gasteiger partial charge in [0.1, 0.15) is 0 Å². The Hall–Kier alpha value is -1.40. The lowest BCUT2D eigenvalue weighted by Crippen LogP contribution is -2.30. The van der Waals surface area contributed by atoms with Crippen LogP contribution in [0.5, 0.6) is 0 Å². The second kappa shape index (κ2) is 4.46. The summed E-state index contributed by atoms with van der Waals surface area (Å²) in [6, 6.07) is 0. The monoisotopic (exact) mass is 239 g/mol. The Kier molecular flexibility index (Phi) is 3.17. The third kappa shape index (κ3) is 2.18. The number of likely N-dealkylation sites (tertiary alicyclic amines) is 1. The maximum absolute atomic E-state index is 12.2. The fraction of sp³-hybridized carbons (Fsp3) is 0.636. The average molecular weight is 239 g/mol. The van der Waals surface area contributed by atoms with Crippen molar-refractivity contribution in [1.82, 2.24) is 14.7 Å². The summed E-state index contributed by atoms with van der Waals surface area (Å²) in [6.45, 7) is 2.29. The van der Waals surface area contributed by atoms with Gasteiger partial charge in [-0.3, -0.25) is 9.48 Å². The highest BCUT2D eigenvalue weighted by Crippen LogP contribution is 2.16. The predicted molar refractivity (Wildman–Crippen MR) is 60.5 cm³/mol. The number of aliphatic hydroxyl groups excluding tert-OH is 2. The molecule has 0 unspecified atom stereocenters. The number of hydrogen-bond acceptors (Lipinski definition) is 4. The zero-order valence-corrected chi connectivity index (χ0v) is 10.00. The summed E-state index contributed by atoms with van der Waals surface area (Å²) >= 11 is 0. The summed E-state index contributed by atoms with van der Waals surface area (Å²) in [7, 11) is 1.77. The van der Waals surface area contributed by atoms with Crippen LogP contribution < -0.4 is 0 Å². The molecule has 6 nitrogen and oxygen atoms in total. The minimum absolute atomic E-state index is 0.175. The summed E-state index contributed by atoms with van der Waals surface area (Å²) < 4.78 is 1.61. The summed E-state index contributed by atoms with van der Waals surface area (Å²) in [6.07, 6.45) is 0.667. The van der Waals surface area contributed by atoms with E-state index < -0.39 is 12.2 Å². The van der Waals surface area contributed by atoms with Crippen molar-refractivity contribution in [3.05, 3.63) is 17.5 Å². The van der Waals surface area contributed by atoms with Gasteiger partial charge in [0.25, 0.3) is 5.91 Å². The molecular formula is C11H17N3O3. The predicted octanol–water partition coefficient (Wildman–Crippen LogP) is -0.840. The summed E-state index contributed by atoms with van der Waals surface area (Å²) in [4.78, 5) is 13.6. The van der Waals surface area contributed by atoms with E-state index in [1.807, 2.05) is 6.92 Å². The van der Waals surface area contributed by atoms with Gasteiger partial charge in [-0.15, -0.1) is 0 Å². The number of β-amino-alcohol motifs (C(OH)–C–C–N with tert-alkyl or cyclic N) is 2. The topological polar surface area (TPSA) is 78.6 Å². The lowest BCUT2D eigenvalue weighted by molar-refractivity contribution is 0.0572. The summed E-state index contributed by atoms with van der Waals surface area (Å²) in [5.74, 6) is -0.175. The standard InChI is InChI=1S/C11H17N3O3/c1-3-8-7(4-13(2)12-8)11(17)14-5-9(15)10(16)6-14/h4,9-10,15-16H,3,5-6H2,1-2H3/t9-,10+. The molecule has 0 aromatic carbocycles. The van der Waals surface area contributed by atoms with Gasteiger partial charge in [0.15, 0.2) is 0 Å². The molecular weight excluding hydrogens is 222 g/mol. The molecule has 2 heterocycles. The second-order valence-corrected chi connectivity index (χ2v) is 4.36. The van der Waals surface area contributed by atoms with E-state index in [2.05, 4.69) is 5.10 Å². The summed E-state index contributed by atoms with van der Waals surface area (Å²) in [5, 5.41) is 23.1. The highest BCUT2D eigenvalue weighted by atomic mass is 16.3. The first kappa shape index (κ1) is 12.1. The fourth-order valence-electron chi connectivity index (χ4n) is 2.08. The first-order valence-electron chi connectivity index (χ1n) is 5.70. The Bertz CT molecular complexity index is 420. The van der Waals surface area contributed by atoms with Gasteiger partial charge in [0.05, 0.1) is 23.5 Å². The summed E-state index contributed by atoms with van der Waals surface area (Å²) in [5.41, 5.74) is 1.30. The second-order valence-electron chi connectivity index (χ2n) is 4.36. The quantitative estimate of drug-likeness (QED) is 0.705. The van der Waals surface area contributed by atoms with E-state index in [0.717, 1.165) is 5.69 Å². The van der Waals surface area contributed by atoms with Crippen LogP contribution in [0.1, 0.15) is 23.0 Å². The first-order chi connectivity index (χ1) is 8.02. The minimum atomic E-state index is -0.847. The van der Waals surface area contributed by atoms with Gasteiger partial charge in [-0.25, -0.2) is 0 Å². The zero-order chi connectivity index (χ0) is 12.6. The van der Waals surface area contributed by atoms with Crippen molar-refractivity contribution < 1.29 is 15.0 Å². The number of aliphatic hydroxyl groups is 2. The number of carbonyl (C=O) groups excluding carboxylic acids is 1. The maximum atomic E-state index is 12.2. The molecule has 1 saturated heterocycles. The normalized spacial score (nSPS) is 24.4. The third-order valence-corrected chi connectivity index (χ3v) is 3.02. The number of aryl methyl sites for hydroxylation is 2. The molecule has 1 fully saturated rings. The molecule has 0 bridgehead atoms. The van der Waals surface area contributed by atoms with Crippen LogP contribution in [0, 0.1) is 0 Å². The largest absolute Gasteiger partial charge is 0.388 e. The molecule has 2 atom stereocenters. The van der Waals surface area contributed by atoms with Gasteiger partial charge in [0, 0.05) is 26.3 Å². The lowest BCUT2D eigenvalue weighted by Gasteiger charge is -2.14. The first-order valence-corrected chi connectivity index (χ1v) is 5.70. The smallest absolute Gasteiger partial charge is 0.257 e. The molecule has 2 N–H and O–H groups in total. The number of aromatic nitrogens is 2. The SMILES string of the molecule is CCc1nn(C)cc1C(=O)N1C[C@@H](O)[C@@H](O)C1. The number of hydrogen-bond donors (Lipinski definition) is 2. The van der Waals surface area contributed by atoms with Crippen LogP contribution in [0.3, 0.4) is 0 Å². The van der Waals surface area contributed by atoms with Crippen molar-refractivity contribution in [3.63, 3.8) is 0 Å². The van der Waals surface area contributed by atoms with Gasteiger partial charge in [-0.1, -0.05) is 6.92 Å². The van der Waals surface area contributed by atoms with Crippen molar-refractivity contribution >= 4 is 5.91 Å². The third-order valence-electron chi connectivity index (χ3n) is 3.02. The van der Waals surface area contributed by atoms with Crippen molar-refractivity contribution in [2.75, 3.05) is 13.1 Å². The Morgan fingerprint density at radius 2 is 2.06 bits per heavy atom. The van der Waals surface area contributed by atoms with Crippen molar-refractivity contribution in [2.24, 2.45) is 7.05 Å². The van der Waals surface area contributed by atoms with Crippen LogP contribution >= 0.6 is 0 Å². The molecule has 94 valence electrons. The Balaban J connectivity index is 2.20. The van der Waals surface area contributed by atoms with E-state index in [1.165, 1.54) is 4.90 Å². The van der Waals surface area contributed by atoms with Crippen molar-refractivity contribution in [3.8, 4) is 0 Å². The number of carbonyl (C=O) groups is 1. The zero-order valence-electron chi connectivity index (χ0n) is 10.00. The van der Waals surface area contributed by atoms with E-state index in [4.69, 9.17) is 0 Å². The molecule has 6 heteroatoms. The molecule has 1 aliphatic rings. The lowest BCUT2D eigenvalue weighted by atomic mass is 10.2. The molecule has 1 aliphatic heterocycles. The Labute approximate surface area is 99.5 Å². The van der Waals surface area contributed by atoms with Gasteiger partial charge in [-0.05, 0) is 6.42 Å². The van der Waals surface area contributed by atoms with Crippen molar-refractivity contribution in [1.29, 1.82) is 0 Å². The van der Waals surface area contributed by atoms with Crippen LogP contribution in [0.2, 0.25) is 0 Å². The van der Waals surface area contributed by atoms with Crippen LogP contribution in [0.4, 0.5) is 0 Å². The van der Waals surface area contributed by atoms with E-state index in [9.17, 15) is 15.0 Å². The Morgan fingerprint density at radius 3 is 2.59 bits per heavy atom. The van der Waals surface area contributed by atoms with Gasteiger partial charge >= 0.3 is 0 Å². The highest BCUT2D eigenvalue weighted by molar-refractivity contribution is 5.95. The molecule has 0 saturated carbocycles.